The molecule has 1 fully saturated rings. The Bertz CT molecular complexity index is 773. The van der Waals surface area contributed by atoms with Crippen LogP contribution in [0.25, 0.3) is 11.1 Å². The molecule has 0 bridgehead atoms. The highest BCUT2D eigenvalue weighted by atomic mass is 19.1. The normalized spacial score (nSPS) is 15.1. The summed E-state index contributed by atoms with van der Waals surface area (Å²) in [6, 6.07) is 6.50. The van der Waals surface area contributed by atoms with Crippen LogP contribution in [-0.2, 0) is 4.74 Å². The number of carbonyl (C=O) groups is 1. The highest BCUT2D eigenvalue weighted by molar-refractivity contribution is 5.95. The van der Waals surface area contributed by atoms with E-state index in [-0.39, 0.29) is 5.56 Å². The molecule has 0 aliphatic carbocycles. The van der Waals surface area contributed by atoms with Crippen molar-refractivity contribution in [2.75, 3.05) is 25.5 Å². The van der Waals surface area contributed by atoms with Gasteiger partial charge in [-0.2, -0.15) is 0 Å². The molecule has 3 rings (SSSR count). The summed E-state index contributed by atoms with van der Waals surface area (Å²) >= 11 is 0. The summed E-state index contributed by atoms with van der Waals surface area (Å²) in [5.41, 5.74) is 8.42. The fourth-order valence-corrected chi connectivity index (χ4v) is 3.10. The van der Waals surface area contributed by atoms with Crippen molar-refractivity contribution in [2.24, 2.45) is 0 Å². The number of nitrogens with one attached hydrogen (secondary N) is 1. The molecular weight excluding hydrogens is 321 g/mol. The van der Waals surface area contributed by atoms with Crippen LogP contribution in [0.3, 0.4) is 0 Å². The van der Waals surface area contributed by atoms with Crippen molar-refractivity contribution in [3.63, 3.8) is 0 Å². The topological polar surface area (TPSA) is 77.2 Å². The Labute approximate surface area is 146 Å². The van der Waals surface area contributed by atoms with Crippen LogP contribution in [0.5, 0.6) is 0 Å². The first-order chi connectivity index (χ1) is 12.1. The number of nitrogens with two attached hydrogens (primary N) is 1. The lowest BCUT2D eigenvalue weighted by atomic mass is 9.91. The smallest absolute Gasteiger partial charge is 0.254 e. The predicted octanol–water partition coefficient (Wildman–Crippen LogP) is 3.11. The van der Waals surface area contributed by atoms with Crippen LogP contribution in [0, 0.1) is 5.82 Å². The summed E-state index contributed by atoms with van der Waals surface area (Å²) in [6.45, 7) is 3.71. The average Bonchev–Trinajstić information content (AvgIpc) is 2.63. The Hall–Kier alpha value is -2.47. The third-order valence-corrected chi connectivity index (χ3v) is 4.49. The molecular formula is C19H22FN3O2. The van der Waals surface area contributed by atoms with Crippen LogP contribution in [0.1, 0.15) is 41.6 Å². The minimum Gasteiger partial charge on any atom is -0.383 e. The van der Waals surface area contributed by atoms with Gasteiger partial charge in [-0.05, 0) is 55.0 Å². The van der Waals surface area contributed by atoms with Gasteiger partial charge >= 0.3 is 0 Å². The van der Waals surface area contributed by atoms with E-state index in [1.165, 1.54) is 12.1 Å². The van der Waals surface area contributed by atoms with E-state index in [0.717, 1.165) is 31.6 Å². The summed E-state index contributed by atoms with van der Waals surface area (Å²) < 4.78 is 19.8. The maximum atomic E-state index is 14.4. The third kappa shape index (κ3) is 3.79. The molecule has 5 nitrogen and oxygen atoms in total. The number of nitrogens with zero attached hydrogens (tertiary/aromatic N) is 1. The first kappa shape index (κ1) is 17.4. The first-order valence-corrected chi connectivity index (χ1v) is 8.51. The van der Waals surface area contributed by atoms with Crippen LogP contribution in [0.15, 0.2) is 30.5 Å². The second-order valence-electron chi connectivity index (χ2n) is 6.14. The van der Waals surface area contributed by atoms with Crippen molar-refractivity contribution in [3.05, 3.63) is 47.4 Å². The number of hydrogen-bond acceptors (Lipinski definition) is 4. The molecule has 1 aliphatic heterocycles. The molecule has 132 valence electrons. The van der Waals surface area contributed by atoms with E-state index < -0.39 is 11.7 Å². The van der Waals surface area contributed by atoms with Gasteiger partial charge in [-0.15, -0.1) is 0 Å². The molecule has 1 amide bonds. The van der Waals surface area contributed by atoms with Crippen LogP contribution < -0.4 is 11.1 Å². The number of amides is 1. The Morgan fingerprint density at radius 1 is 1.36 bits per heavy atom. The van der Waals surface area contributed by atoms with Crippen LogP contribution in [-0.4, -0.2) is 30.6 Å². The van der Waals surface area contributed by atoms with E-state index in [0.29, 0.717) is 29.4 Å². The Morgan fingerprint density at radius 3 is 2.80 bits per heavy atom. The van der Waals surface area contributed by atoms with Gasteiger partial charge in [-0.1, -0.05) is 6.07 Å². The van der Waals surface area contributed by atoms with Gasteiger partial charge in [0.15, 0.2) is 0 Å². The van der Waals surface area contributed by atoms with Gasteiger partial charge in [-0.25, -0.2) is 9.37 Å². The molecule has 0 saturated carbocycles. The molecule has 0 unspecified atom stereocenters. The van der Waals surface area contributed by atoms with Gasteiger partial charge in [0.1, 0.15) is 11.6 Å². The third-order valence-electron chi connectivity index (χ3n) is 4.49. The number of benzene rings is 1. The zero-order chi connectivity index (χ0) is 17.8. The van der Waals surface area contributed by atoms with E-state index in [1.54, 1.807) is 19.2 Å². The molecule has 6 heteroatoms. The lowest BCUT2D eigenvalue weighted by Crippen LogP contribution is -2.23. The number of anilines is 1. The molecule has 0 spiro atoms. The van der Waals surface area contributed by atoms with E-state index in [4.69, 9.17) is 10.5 Å². The maximum Gasteiger partial charge on any atom is 0.254 e. The molecule has 0 atom stereocenters. The number of carbonyl (C=O) groups excluding carboxylic acids is 1. The molecule has 2 heterocycles. The molecule has 2 aromatic rings. The predicted molar refractivity (Wildman–Crippen MR) is 94.8 cm³/mol. The summed E-state index contributed by atoms with van der Waals surface area (Å²) in [5, 5.41) is 2.60. The van der Waals surface area contributed by atoms with E-state index in [1.807, 2.05) is 6.07 Å². The summed E-state index contributed by atoms with van der Waals surface area (Å²) in [5.74, 6) is -0.269. The van der Waals surface area contributed by atoms with Crippen molar-refractivity contribution >= 4 is 11.7 Å². The van der Waals surface area contributed by atoms with Gasteiger partial charge in [0.25, 0.3) is 5.91 Å². The van der Waals surface area contributed by atoms with Crippen molar-refractivity contribution in [1.82, 2.24) is 10.3 Å². The highest BCUT2D eigenvalue weighted by Crippen LogP contribution is 2.32. The van der Waals surface area contributed by atoms with Crippen molar-refractivity contribution < 1.29 is 13.9 Å². The number of pyridine rings is 1. The van der Waals surface area contributed by atoms with E-state index in [2.05, 4.69) is 10.3 Å². The second-order valence-corrected chi connectivity index (χ2v) is 6.14. The van der Waals surface area contributed by atoms with Gasteiger partial charge in [-0.3, -0.25) is 4.79 Å². The molecule has 1 aliphatic rings. The summed E-state index contributed by atoms with van der Waals surface area (Å²) in [4.78, 5) is 16.1. The molecule has 1 aromatic carbocycles. The van der Waals surface area contributed by atoms with E-state index in [9.17, 15) is 9.18 Å². The fraction of sp³-hybridized carbons (Fsp3) is 0.368. The van der Waals surface area contributed by atoms with Gasteiger partial charge in [0.2, 0.25) is 0 Å². The number of nitrogen functional groups attached to an aromatic ring is 1. The summed E-state index contributed by atoms with van der Waals surface area (Å²) in [6.07, 6.45) is 3.67. The Balaban J connectivity index is 1.93. The van der Waals surface area contributed by atoms with E-state index >= 15 is 0 Å². The molecule has 3 N–H and O–H groups in total. The van der Waals surface area contributed by atoms with Gasteiger partial charge in [0.05, 0.1) is 5.56 Å². The fourth-order valence-electron chi connectivity index (χ4n) is 3.10. The number of ether oxygens (including phenoxy) is 1. The molecule has 1 saturated heterocycles. The molecule has 1 aromatic heterocycles. The quantitative estimate of drug-likeness (QED) is 0.894. The van der Waals surface area contributed by atoms with Crippen LogP contribution >= 0.6 is 0 Å². The number of rotatable bonds is 4. The monoisotopic (exact) mass is 343 g/mol. The summed E-state index contributed by atoms with van der Waals surface area (Å²) in [7, 11) is 0. The largest absolute Gasteiger partial charge is 0.383 e. The minimum atomic E-state index is -0.570. The zero-order valence-electron chi connectivity index (χ0n) is 14.2. The Morgan fingerprint density at radius 2 is 2.12 bits per heavy atom. The highest BCUT2D eigenvalue weighted by Gasteiger charge is 2.19. The number of hydrogen-bond donors (Lipinski definition) is 2. The van der Waals surface area contributed by atoms with Crippen molar-refractivity contribution in [3.8, 4) is 11.1 Å². The lowest BCUT2D eigenvalue weighted by molar-refractivity contribution is 0.0853. The molecule has 25 heavy (non-hydrogen) atoms. The van der Waals surface area contributed by atoms with Gasteiger partial charge in [0, 0.05) is 31.5 Å². The second kappa shape index (κ2) is 7.61. The lowest BCUT2D eigenvalue weighted by Gasteiger charge is -2.22. The van der Waals surface area contributed by atoms with Crippen LogP contribution in [0.4, 0.5) is 10.2 Å². The first-order valence-electron chi connectivity index (χ1n) is 8.51. The van der Waals surface area contributed by atoms with Gasteiger partial charge < -0.3 is 15.8 Å². The Kier molecular flexibility index (Phi) is 5.28. The average molecular weight is 343 g/mol. The van der Waals surface area contributed by atoms with Crippen molar-refractivity contribution in [2.45, 2.75) is 25.7 Å². The zero-order valence-corrected chi connectivity index (χ0v) is 14.2. The maximum absolute atomic E-state index is 14.4. The SMILES string of the molecule is CCNC(=O)c1ccc(-c2cc(C3CCOCC3)cnc2N)cc1F. The van der Waals surface area contributed by atoms with Crippen molar-refractivity contribution in [1.29, 1.82) is 0 Å². The number of halogens is 1. The van der Waals surface area contributed by atoms with Crippen LogP contribution in [0.2, 0.25) is 0 Å². The standard InChI is InChI=1S/C19H22FN3O2/c1-2-22-19(24)15-4-3-13(10-17(15)20)16-9-14(11-23-18(16)21)12-5-7-25-8-6-12/h3-4,9-12H,2,5-8H2,1H3,(H2,21,23)(H,22,24). The number of aromatic nitrogens is 1. The molecule has 0 radical (unpaired) electrons. The minimum absolute atomic E-state index is 0.0257.